The number of likely N-dealkylation sites (tertiary alicyclic amines) is 1. The lowest BCUT2D eigenvalue weighted by molar-refractivity contribution is 0.345. The summed E-state index contributed by atoms with van der Waals surface area (Å²) in [4.78, 5) is 5.33. The lowest BCUT2D eigenvalue weighted by Gasteiger charge is -2.25. The van der Waals surface area contributed by atoms with Crippen LogP contribution in [0.4, 0.5) is 5.69 Å². The number of methoxy groups -OCH3 is 1. The third-order valence-electron chi connectivity index (χ3n) is 6.03. The molecule has 0 unspecified atom stereocenters. The van der Waals surface area contributed by atoms with Gasteiger partial charge in [-0.05, 0) is 74.9 Å². The van der Waals surface area contributed by atoms with Crippen molar-refractivity contribution in [2.45, 2.75) is 34.6 Å². The van der Waals surface area contributed by atoms with E-state index >= 15 is 0 Å². The zero-order valence-electron chi connectivity index (χ0n) is 16.1. The van der Waals surface area contributed by atoms with Crippen molar-refractivity contribution in [1.82, 2.24) is 4.90 Å². The average molecular weight is 387 g/mol. The van der Waals surface area contributed by atoms with Crippen molar-refractivity contribution in [3.8, 4) is 5.75 Å². The minimum atomic E-state index is -3.58. The van der Waals surface area contributed by atoms with Crippen molar-refractivity contribution in [3.63, 3.8) is 0 Å². The zero-order valence-corrected chi connectivity index (χ0v) is 16.9. The van der Waals surface area contributed by atoms with Crippen LogP contribution in [0, 0.1) is 0 Å². The van der Waals surface area contributed by atoms with Crippen molar-refractivity contribution >= 4 is 15.5 Å². The Morgan fingerprint density at radius 1 is 1.00 bits per heavy atom. The predicted octanol–water partition coefficient (Wildman–Crippen LogP) is 3.16. The molecule has 0 saturated carbocycles. The standard InChI is InChI=1S/C21H26N2O3S/c1-22-11-9-18-19-14-17(7-8-20(19)23(2)21(18)10-12-22)27(24,25)16-6-4-5-15(13-16)26-3/h4-8,13-14,18,21H,9-12H2,1-3H3/t18-,21+/m1/s1. The molecule has 144 valence electrons. The van der Waals surface area contributed by atoms with Crippen molar-refractivity contribution < 1.29 is 13.2 Å². The molecule has 0 radical (unpaired) electrons. The summed E-state index contributed by atoms with van der Waals surface area (Å²) in [6.45, 7) is 2.12. The predicted molar refractivity (Wildman–Crippen MR) is 107 cm³/mol. The van der Waals surface area contributed by atoms with Gasteiger partial charge in [0.05, 0.1) is 16.9 Å². The molecular weight excluding hydrogens is 360 g/mol. The summed E-state index contributed by atoms with van der Waals surface area (Å²) < 4.78 is 31.6. The van der Waals surface area contributed by atoms with E-state index in [1.54, 1.807) is 37.4 Å². The Kier molecular flexibility index (Phi) is 4.64. The average Bonchev–Trinajstić information content (AvgIpc) is 2.81. The topological polar surface area (TPSA) is 49.9 Å². The second kappa shape index (κ2) is 6.84. The third-order valence-corrected chi connectivity index (χ3v) is 7.78. The van der Waals surface area contributed by atoms with Gasteiger partial charge in [0.1, 0.15) is 5.75 Å². The normalized spacial score (nSPS) is 22.9. The first-order chi connectivity index (χ1) is 12.9. The number of likely N-dealkylation sites (N-methyl/N-ethyl adjacent to an activating group) is 1. The Labute approximate surface area is 161 Å². The van der Waals surface area contributed by atoms with E-state index < -0.39 is 9.84 Å². The van der Waals surface area contributed by atoms with E-state index in [0.29, 0.717) is 22.6 Å². The molecule has 2 atom stereocenters. The van der Waals surface area contributed by atoms with E-state index in [1.165, 1.54) is 11.3 Å². The number of nitrogens with zero attached hydrogens (tertiary/aromatic N) is 2. The van der Waals surface area contributed by atoms with Crippen molar-refractivity contribution in [1.29, 1.82) is 0 Å². The van der Waals surface area contributed by atoms with Gasteiger partial charge >= 0.3 is 0 Å². The van der Waals surface area contributed by atoms with Crippen LogP contribution in [0.2, 0.25) is 0 Å². The third kappa shape index (κ3) is 3.11. The second-order valence-electron chi connectivity index (χ2n) is 7.57. The molecule has 2 aromatic carbocycles. The first-order valence-corrected chi connectivity index (χ1v) is 10.8. The monoisotopic (exact) mass is 386 g/mol. The van der Waals surface area contributed by atoms with Gasteiger partial charge in [0.15, 0.2) is 0 Å². The number of rotatable bonds is 3. The fourth-order valence-electron chi connectivity index (χ4n) is 4.44. The first kappa shape index (κ1) is 18.3. The number of hydrogen-bond donors (Lipinski definition) is 0. The molecule has 4 rings (SSSR count). The van der Waals surface area contributed by atoms with E-state index in [2.05, 4.69) is 23.9 Å². The number of benzene rings is 2. The van der Waals surface area contributed by atoms with Crippen LogP contribution < -0.4 is 9.64 Å². The van der Waals surface area contributed by atoms with Gasteiger partial charge in [-0.15, -0.1) is 0 Å². The summed E-state index contributed by atoms with van der Waals surface area (Å²) in [6, 6.07) is 12.7. The number of fused-ring (bicyclic) bond motifs is 3. The van der Waals surface area contributed by atoms with Crippen molar-refractivity contribution in [2.24, 2.45) is 0 Å². The van der Waals surface area contributed by atoms with Gasteiger partial charge in [0, 0.05) is 24.7 Å². The molecule has 0 amide bonds. The minimum Gasteiger partial charge on any atom is -0.497 e. The molecule has 0 spiro atoms. The molecule has 2 aliphatic rings. The lowest BCUT2D eigenvalue weighted by atomic mass is 9.91. The molecule has 27 heavy (non-hydrogen) atoms. The highest BCUT2D eigenvalue weighted by atomic mass is 32.2. The Morgan fingerprint density at radius 2 is 1.74 bits per heavy atom. The number of anilines is 1. The van der Waals surface area contributed by atoms with Gasteiger partial charge in [0.2, 0.25) is 9.84 Å². The van der Waals surface area contributed by atoms with Crippen LogP contribution in [0.25, 0.3) is 0 Å². The first-order valence-electron chi connectivity index (χ1n) is 9.36. The van der Waals surface area contributed by atoms with Crippen LogP contribution in [-0.4, -0.2) is 53.7 Å². The Morgan fingerprint density at radius 3 is 2.52 bits per heavy atom. The van der Waals surface area contributed by atoms with E-state index in [0.717, 1.165) is 25.9 Å². The smallest absolute Gasteiger partial charge is 0.206 e. The summed E-state index contributed by atoms with van der Waals surface area (Å²) in [5, 5.41) is 0. The molecule has 1 fully saturated rings. The molecular formula is C21H26N2O3S. The van der Waals surface area contributed by atoms with Crippen LogP contribution in [-0.2, 0) is 9.84 Å². The fraction of sp³-hybridized carbons (Fsp3) is 0.429. The largest absolute Gasteiger partial charge is 0.497 e. The summed E-state index contributed by atoms with van der Waals surface area (Å²) >= 11 is 0. The highest BCUT2D eigenvalue weighted by molar-refractivity contribution is 7.91. The lowest BCUT2D eigenvalue weighted by Crippen LogP contribution is -2.31. The highest BCUT2D eigenvalue weighted by Crippen LogP contribution is 2.45. The van der Waals surface area contributed by atoms with Gasteiger partial charge in [-0.1, -0.05) is 6.07 Å². The van der Waals surface area contributed by atoms with Gasteiger partial charge in [-0.3, -0.25) is 0 Å². The number of ether oxygens (including phenoxy) is 1. The molecule has 1 saturated heterocycles. The summed E-state index contributed by atoms with van der Waals surface area (Å²) in [5.74, 6) is 0.930. The Balaban J connectivity index is 1.75. The molecule has 2 aromatic rings. The van der Waals surface area contributed by atoms with E-state index in [4.69, 9.17) is 4.74 Å². The van der Waals surface area contributed by atoms with Crippen LogP contribution in [0.5, 0.6) is 5.75 Å². The molecule has 5 nitrogen and oxygen atoms in total. The van der Waals surface area contributed by atoms with Crippen LogP contribution in [0.3, 0.4) is 0 Å². The maximum Gasteiger partial charge on any atom is 0.206 e. The molecule has 0 N–H and O–H groups in total. The van der Waals surface area contributed by atoms with Crippen LogP contribution in [0.15, 0.2) is 52.3 Å². The molecule has 0 aliphatic carbocycles. The van der Waals surface area contributed by atoms with E-state index in [9.17, 15) is 8.42 Å². The zero-order chi connectivity index (χ0) is 19.2. The minimum absolute atomic E-state index is 0.269. The highest BCUT2D eigenvalue weighted by Gasteiger charge is 2.38. The van der Waals surface area contributed by atoms with Crippen LogP contribution in [0.1, 0.15) is 24.3 Å². The van der Waals surface area contributed by atoms with E-state index in [1.807, 2.05) is 12.1 Å². The van der Waals surface area contributed by atoms with Crippen molar-refractivity contribution in [2.75, 3.05) is 39.2 Å². The van der Waals surface area contributed by atoms with Gasteiger partial charge < -0.3 is 14.5 Å². The molecule has 0 bridgehead atoms. The van der Waals surface area contributed by atoms with Gasteiger partial charge in [-0.2, -0.15) is 0 Å². The van der Waals surface area contributed by atoms with E-state index in [-0.39, 0.29) is 4.90 Å². The van der Waals surface area contributed by atoms with Crippen LogP contribution >= 0.6 is 0 Å². The fourth-order valence-corrected chi connectivity index (χ4v) is 5.78. The summed E-state index contributed by atoms with van der Waals surface area (Å²) in [7, 11) is 2.25. The quantitative estimate of drug-likeness (QED) is 0.811. The molecule has 2 aliphatic heterocycles. The summed E-state index contributed by atoms with van der Waals surface area (Å²) in [5.41, 5.74) is 2.33. The second-order valence-corrected chi connectivity index (χ2v) is 9.52. The van der Waals surface area contributed by atoms with Crippen molar-refractivity contribution in [3.05, 3.63) is 48.0 Å². The number of sulfone groups is 1. The maximum absolute atomic E-state index is 13.2. The Bertz CT molecular complexity index is 958. The SMILES string of the molecule is COc1cccc(S(=O)(=O)c2ccc3c(c2)[C@H]2CCN(C)CC[C@@H]2N3C)c1. The summed E-state index contributed by atoms with van der Waals surface area (Å²) in [6.07, 6.45) is 2.16. The number of hydrogen-bond acceptors (Lipinski definition) is 5. The van der Waals surface area contributed by atoms with Gasteiger partial charge in [-0.25, -0.2) is 8.42 Å². The molecule has 0 aromatic heterocycles. The van der Waals surface area contributed by atoms with Gasteiger partial charge in [0.25, 0.3) is 0 Å². The maximum atomic E-state index is 13.2. The molecule has 2 heterocycles. The Hall–Kier alpha value is -2.05. The molecule has 6 heteroatoms.